The van der Waals surface area contributed by atoms with Gasteiger partial charge in [0.2, 0.25) is 5.91 Å². The molecule has 1 unspecified atom stereocenters. The fraction of sp³-hybridized carbons (Fsp3) is 0.438. The lowest BCUT2D eigenvalue weighted by Gasteiger charge is -2.25. The Kier molecular flexibility index (Phi) is 6.24. The smallest absolute Gasteiger partial charge is 0.244 e. The van der Waals surface area contributed by atoms with Crippen LogP contribution in [-0.2, 0) is 4.79 Å². The first-order chi connectivity index (χ1) is 9.28. The molecule has 2 N–H and O–H groups in total. The van der Waals surface area contributed by atoms with E-state index >= 15 is 0 Å². The highest BCUT2D eigenvalue weighted by Gasteiger charge is 2.21. The molecule has 0 heterocycles. The van der Waals surface area contributed by atoms with Gasteiger partial charge in [0.25, 0.3) is 0 Å². The summed E-state index contributed by atoms with van der Waals surface area (Å²) in [7, 11) is 0. The lowest BCUT2D eigenvalue weighted by Crippen LogP contribution is -2.40. The molecule has 1 amide bonds. The summed E-state index contributed by atoms with van der Waals surface area (Å²) in [4.78, 5) is 11.7. The van der Waals surface area contributed by atoms with Gasteiger partial charge in [-0.05, 0) is 43.0 Å². The third-order valence-corrected chi connectivity index (χ3v) is 3.00. The second kappa shape index (κ2) is 7.46. The first-order valence-electron chi connectivity index (χ1n) is 6.72. The predicted molar refractivity (Wildman–Crippen MR) is 83.6 cm³/mol. The van der Waals surface area contributed by atoms with Crippen LogP contribution in [0.15, 0.2) is 30.3 Å². The fourth-order valence-corrected chi connectivity index (χ4v) is 2.27. The van der Waals surface area contributed by atoms with Crippen molar-refractivity contribution in [2.45, 2.75) is 32.8 Å². The van der Waals surface area contributed by atoms with Crippen LogP contribution in [0.25, 0.3) is 6.08 Å². The number of nitrogens with one attached hydrogen (secondary N) is 1. The monoisotopic (exact) mass is 295 g/mol. The topological polar surface area (TPSA) is 49.3 Å². The van der Waals surface area contributed by atoms with Crippen LogP contribution in [0.2, 0.25) is 5.02 Å². The molecule has 1 aromatic rings. The number of aliphatic hydroxyl groups is 1. The van der Waals surface area contributed by atoms with Gasteiger partial charge >= 0.3 is 0 Å². The highest BCUT2D eigenvalue weighted by Crippen LogP contribution is 2.15. The summed E-state index contributed by atoms with van der Waals surface area (Å²) < 4.78 is 0. The van der Waals surface area contributed by atoms with E-state index in [1.165, 1.54) is 6.08 Å². The quantitative estimate of drug-likeness (QED) is 0.791. The SMILES string of the molecule is CC(C)CC(C)(O)CNC(=O)C=Cc1cccc(Cl)c1. The van der Waals surface area contributed by atoms with Gasteiger partial charge in [0, 0.05) is 17.6 Å². The Morgan fingerprint density at radius 2 is 2.20 bits per heavy atom. The van der Waals surface area contributed by atoms with Crippen molar-refractivity contribution in [3.63, 3.8) is 0 Å². The third-order valence-electron chi connectivity index (χ3n) is 2.77. The molecular weight excluding hydrogens is 274 g/mol. The van der Waals surface area contributed by atoms with Crippen LogP contribution in [0.4, 0.5) is 0 Å². The van der Waals surface area contributed by atoms with Gasteiger partial charge in [0.05, 0.1) is 5.60 Å². The third kappa shape index (κ3) is 6.73. The summed E-state index contributed by atoms with van der Waals surface area (Å²) in [5.74, 6) is 0.151. The van der Waals surface area contributed by atoms with Crippen molar-refractivity contribution in [1.82, 2.24) is 5.32 Å². The van der Waals surface area contributed by atoms with Crippen molar-refractivity contribution in [2.24, 2.45) is 5.92 Å². The maximum atomic E-state index is 11.7. The van der Waals surface area contributed by atoms with E-state index in [1.807, 2.05) is 26.0 Å². The summed E-state index contributed by atoms with van der Waals surface area (Å²) in [6.07, 6.45) is 3.78. The summed E-state index contributed by atoms with van der Waals surface area (Å²) in [5.41, 5.74) is -0.0186. The molecule has 3 nitrogen and oxygen atoms in total. The van der Waals surface area contributed by atoms with Gasteiger partial charge in [-0.2, -0.15) is 0 Å². The van der Waals surface area contributed by atoms with Gasteiger partial charge in [0.1, 0.15) is 0 Å². The highest BCUT2D eigenvalue weighted by molar-refractivity contribution is 6.30. The van der Waals surface area contributed by atoms with Crippen molar-refractivity contribution in [3.8, 4) is 0 Å². The minimum atomic E-state index is -0.881. The molecule has 1 rings (SSSR count). The van der Waals surface area contributed by atoms with Crippen LogP contribution in [0.3, 0.4) is 0 Å². The van der Waals surface area contributed by atoms with E-state index in [4.69, 9.17) is 11.6 Å². The van der Waals surface area contributed by atoms with E-state index in [-0.39, 0.29) is 12.5 Å². The molecule has 0 saturated carbocycles. The van der Waals surface area contributed by atoms with E-state index in [9.17, 15) is 9.90 Å². The van der Waals surface area contributed by atoms with Crippen molar-refractivity contribution in [2.75, 3.05) is 6.54 Å². The van der Waals surface area contributed by atoms with Crippen molar-refractivity contribution < 1.29 is 9.90 Å². The molecule has 0 bridgehead atoms. The van der Waals surface area contributed by atoms with Crippen molar-refractivity contribution in [1.29, 1.82) is 0 Å². The van der Waals surface area contributed by atoms with Gasteiger partial charge in [-0.15, -0.1) is 0 Å². The van der Waals surface area contributed by atoms with E-state index in [2.05, 4.69) is 5.32 Å². The number of carbonyl (C=O) groups is 1. The lowest BCUT2D eigenvalue weighted by atomic mass is 9.94. The van der Waals surface area contributed by atoms with Crippen LogP contribution in [-0.4, -0.2) is 23.2 Å². The zero-order valence-electron chi connectivity index (χ0n) is 12.2. The van der Waals surface area contributed by atoms with Crippen LogP contribution >= 0.6 is 11.6 Å². The number of rotatable bonds is 6. The molecular formula is C16H22ClNO2. The standard InChI is InChI=1S/C16H22ClNO2/c1-12(2)10-16(3,20)11-18-15(19)8-7-13-5-4-6-14(17)9-13/h4-9,12,20H,10-11H2,1-3H3,(H,18,19). The Labute approximate surface area is 125 Å². The summed E-state index contributed by atoms with van der Waals surface area (Å²) in [6.45, 7) is 6.04. The zero-order valence-corrected chi connectivity index (χ0v) is 12.9. The molecule has 1 aromatic carbocycles. The van der Waals surface area contributed by atoms with Crippen LogP contribution in [0, 0.1) is 5.92 Å². The number of benzene rings is 1. The van der Waals surface area contributed by atoms with Gasteiger partial charge in [0.15, 0.2) is 0 Å². The maximum absolute atomic E-state index is 11.7. The van der Waals surface area contributed by atoms with E-state index in [0.717, 1.165) is 5.56 Å². The van der Waals surface area contributed by atoms with Gasteiger partial charge in [-0.25, -0.2) is 0 Å². The number of carbonyl (C=O) groups excluding carboxylic acids is 1. The zero-order chi connectivity index (χ0) is 15.2. The van der Waals surface area contributed by atoms with Gasteiger partial charge < -0.3 is 10.4 Å². The van der Waals surface area contributed by atoms with Crippen molar-refractivity contribution >= 4 is 23.6 Å². The van der Waals surface area contributed by atoms with E-state index in [0.29, 0.717) is 17.4 Å². The Balaban J connectivity index is 2.48. The van der Waals surface area contributed by atoms with Crippen LogP contribution in [0.5, 0.6) is 0 Å². The predicted octanol–water partition coefficient (Wildman–Crippen LogP) is 3.27. The Morgan fingerprint density at radius 3 is 2.80 bits per heavy atom. The summed E-state index contributed by atoms with van der Waals surface area (Å²) >= 11 is 5.86. The second-order valence-electron chi connectivity index (χ2n) is 5.70. The summed E-state index contributed by atoms with van der Waals surface area (Å²) in [5, 5.41) is 13.4. The molecule has 20 heavy (non-hydrogen) atoms. The van der Waals surface area contributed by atoms with E-state index in [1.54, 1.807) is 25.1 Å². The van der Waals surface area contributed by atoms with E-state index < -0.39 is 5.60 Å². The van der Waals surface area contributed by atoms with Gasteiger partial charge in [-0.1, -0.05) is 37.6 Å². The molecule has 0 aromatic heterocycles. The molecule has 0 aliphatic heterocycles. The highest BCUT2D eigenvalue weighted by atomic mass is 35.5. The molecule has 110 valence electrons. The lowest BCUT2D eigenvalue weighted by molar-refractivity contribution is -0.117. The molecule has 0 fully saturated rings. The molecule has 4 heteroatoms. The molecule has 0 radical (unpaired) electrons. The Bertz CT molecular complexity index is 481. The summed E-state index contributed by atoms with van der Waals surface area (Å²) in [6, 6.07) is 7.25. The second-order valence-corrected chi connectivity index (χ2v) is 6.14. The first kappa shape index (κ1) is 16.7. The largest absolute Gasteiger partial charge is 0.388 e. The number of hydrogen-bond donors (Lipinski definition) is 2. The first-order valence-corrected chi connectivity index (χ1v) is 7.10. The Morgan fingerprint density at radius 1 is 1.50 bits per heavy atom. The number of hydrogen-bond acceptors (Lipinski definition) is 2. The molecule has 1 atom stereocenters. The molecule has 0 saturated heterocycles. The molecule has 0 spiro atoms. The van der Waals surface area contributed by atoms with Gasteiger partial charge in [-0.3, -0.25) is 4.79 Å². The number of amides is 1. The maximum Gasteiger partial charge on any atom is 0.244 e. The Hall–Kier alpha value is -1.32. The van der Waals surface area contributed by atoms with Crippen LogP contribution < -0.4 is 5.32 Å². The minimum Gasteiger partial charge on any atom is -0.388 e. The fourth-order valence-electron chi connectivity index (χ4n) is 2.07. The van der Waals surface area contributed by atoms with Crippen LogP contribution in [0.1, 0.15) is 32.8 Å². The van der Waals surface area contributed by atoms with Crippen molar-refractivity contribution in [3.05, 3.63) is 40.9 Å². The average molecular weight is 296 g/mol. The average Bonchev–Trinajstić information content (AvgIpc) is 2.32. The minimum absolute atomic E-state index is 0.228. The molecule has 0 aliphatic carbocycles. The number of halogens is 1. The molecule has 0 aliphatic rings. The normalized spacial score (nSPS) is 14.5.